The molecule has 47 heavy (non-hydrogen) atoms. The maximum atomic E-state index is 6.52. The van der Waals surface area contributed by atoms with Crippen LogP contribution in [0.3, 0.4) is 0 Å². The summed E-state index contributed by atoms with van der Waals surface area (Å²) in [6.07, 6.45) is 6.01. The largest absolute Gasteiger partial charge is 0.457 e. The molecule has 0 aliphatic rings. The molecule has 0 aliphatic carbocycles. The molecule has 0 unspecified atom stereocenters. The highest BCUT2D eigenvalue weighted by Gasteiger charge is 2.27. The maximum Gasteiger partial charge on any atom is 0.137 e. The predicted molar refractivity (Wildman–Crippen MR) is 195 cm³/mol. The molecular formula is C42H42N4O. The van der Waals surface area contributed by atoms with Crippen molar-refractivity contribution in [2.75, 3.05) is 0 Å². The number of para-hydroxylation sites is 1. The highest BCUT2D eigenvalue weighted by atomic mass is 16.5. The van der Waals surface area contributed by atoms with Crippen LogP contribution in [0.1, 0.15) is 63.8 Å². The van der Waals surface area contributed by atoms with E-state index < -0.39 is 0 Å². The van der Waals surface area contributed by atoms with Gasteiger partial charge in [0.2, 0.25) is 0 Å². The van der Waals surface area contributed by atoms with Gasteiger partial charge in [0.25, 0.3) is 0 Å². The van der Waals surface area contributed by atoms with Gasteiger partial charge in [0.05, 0.1) is 22.9 Å². The van der Waals surface area contributed by atoms with Crippen molar-refractivity contribution in [1.29, 1.82) is 0 Å². The Hall–Kier alpha value is -5.16. The van der Waals surface area contributed by atoms with E-state index in [4.69, 9.17) is 14.8 Å². The second kappa shape index (κ2) is 11.3. The van der Waals surface area contributed by atoms with Gasteiger partial charge in [-0.25, -0.2) is 9.67 Å². The van der Waals surface area contributed by atoms with Gasteiger partial charge in [-0.2, -0.15) is 5.10 Å². The Labute approximate surface area is 277 Å². The zero-order valence-electron chi connectivity index (χ0n) is 28.6. The molecule has 7 aromatic rings. The number of pyridine rings is 1. The van der Waals surface area contributed by atoms with E-state index in [0.717, 1.165) is 45.0 Å². The highest BCUT2D eigenvalue weighted by molar-refractivity contribution is 6.09. The summed E-state index contributed by atoms with van der Waals surface area (Å²) in [7, 11) is 0. The standard InChI is InChI=1S/C42H42N4O/c1-27-18-19-43-39(22-27)46-37-15-10-9-14-33(37)34-17-16-32(24-38(34)46)47-31-13-11-12-30(23-31)45-26-29(25-44-45)40-35(41(3,4)5)20-28(2)21-36(40)42(6,7)8/h9-26H,1-8H3. The van der Waals surface area contributed by atoms with Crippen molar-refractivity contribution in [3.05, 3.63) is 132 Å². The van der Waals surface area contributed by atoms with Gasteiger partial charge in [-0.1, -0.05) is 83.5 Å². The van der Waals surface area contributed by atoms with Gasteiger partial charge in [0.1, 0.15) is 17.3 Å². The van der Waals surface area contributed by atoms with Crippen LogP contribution in [0.15, 0.2) is 110 Å². The minimum absolute atomic E-state index is 0.0145. The number of aromatic nitrogens is 4. The second-order valence-electron chi connectivity index (χ2n) is 14.7. The first kappa shape index (κ1) is 30.5. The quantitative estimate of drug-likeness (QED) is 0.193. The lowest BCUT2D eigenvalue weighted by Crippen LogP contribution is -2.19. The molecule has 0 amide bonds. The van der Waals surface area contributed by atoms with E-state index in [1.807, 2.05) is 47.4 Å². The predicted octanol–water partition coefficient (Wildman–Crippen LogP) is 11.0. The molecule has 0 saturated carbocycles. The Kier molecular flexibility index (Phi) is 7.31. The topological polar surface area (TPSA) is 44.9 Å². The Morgan fingerprint density at radius 1 is 0.638 bits per heavy atom. The third-order valence-electron chi connectivity index (χ3n) is 8.86. The van der Waals surface area contributed by atoms with Gasteiger partial charge in [-0.15, -0.1) is 0 Å². The van der Waals surface area contributed by atoms with Crippen molar-refractivity contribution in [2.24, 2.45) is 0 Å². The fourth-order valence-electron chi connectivity index (χ4n) is 6.60. The smallest absolute Gasteiger partial charge is 0.137 e. The Morgan fingerprint density at radius 2 is 1.34 bits per heavy atom. The first-order chi connectivity index (χ1) is 22.4. The average Bonchev–Trinajstić information content (AvgIpc) is 3.63. The summed E-state index contributed by atoms with van der Waals surface area (Å²) in [4.78, 5) is 4.72. The van der Waals surface area contributed by atoms with Crippen molar-refractivity contribution in [2.45, 2.75) is 66.2 Å². The Bertz CT molecular complexity index is 2240. The summed E-state index contributed by atoms with van der Waals surface area (Å²) in [5, 5.41) is 7.20. The van der Waals surface area contributed by atoms with Gasteiger partial charge >= 0.3 is 0 Å². The van der Waals surface area contributed by atoms with Crippen LogP contribution in [0.4, 0.5) is 0 Å². The average molecular weight is 619 g/mol. The van der Waals surface area contributed by atoms with E-state index in [-0.39, 0.29) is 10.8 Å². The van der Waals surface area contributed by atoms with Gasteiger partial charge in [-0.05, 0) is 89.4 Å². The van der Waals surface area contributed by atoms with Gasteiger partial charge in [0.15, 0.2) is 0 Å². The molecular weight excluding hydrogens is 576 g/mol. The minimum atomic E-state index is -0.0145. The summed E-state index contributed by atoms with van der Waals surface area (Å²) in [6, 6.07) is 31.7. The van der Waals surface area contributed by atoms with Crippen molar-refractivity contribution in [1.82, 2.24) is 19.3 Å². The zero-order valence-corrected chi connectivity index (χ0v) is 28.6. The number of nitrogens with zero attached hydrogens (tertiary/aromatic N) is 4. The van der Waals surface area contributed by atoms with E-state index in [1.54, 1.807) is 0 Å². The monoisotopic (exact) mass is 618 g/mol. The molecule has 4 aromatic carbocycles. The van der Waals surface area contributed by atoms with Crippen molar-refractivity contribution in [3.8, 4) is 34.1 Å². The van der Waals surface area contributed by atoms with E-state index in [0.29, 0.717) is 0 Å². The summed E-state index contributed by atoms with van der Waals surface area (Å²) in [6.45, 7) is 18.0. The fraction of sp³-hybridized carbons (Fsp3) is 0.238. The van der Waals surface area contributed by atoms with Gasteiger partial charge < -0.3 is 4.74 Å². The molecule has 236 valence electrons. The second-order valence-corrected chi connectivity index (χ2v) is 14.7. The summed E-state index contributed by atoms with van der Waals surface area (Å²) >= 11 is 0. The fourth-order valence-corrected chi connectivity index (χ4v) is 6.60. The third kappa shape index (κ3) is 5.71. The molecule has 0 radical (unpaired) electrons. The SMILES string of the molecule is Cc1ccnc(-n2c3ccccc3c3ccc(Oc4cccc(-n5cc(-c6c(C(C)(C)C)cc(C)cc6C(C)(C)C)cn5)c4)cc32)c1. The first-order valence-electron chi connectivity index (χ1n) is 16.3. The van der Waals surface area contributed by atoms with E-state index >= 15 is 0 Å². The normalized spacial score (nSPS) is 12.3. The van der Waals surface area contributed by atoms with Gasteiger partial charge in [-0.3, -0.25) is 4.57 Å². The number of rotatable bonds is 5. The summed E-state index contributed by atoms with van der Waals surface area (Å²) < 4.78 is 10.7. The number of fused-ring (bicyclic) bond motifs is 3. The number of ether oxygens (including phenoxy) is 1. The van der Waals surface area contributed by atoms with Crippen LogP contribution in [0.2, 0.25) is 0 Å². The molecule has 0 fully saturated rings. The van der Waals surface area contributed by atoms with Crippen LogP contribution in [-0.4, -0.2) is 19.3 Å². The zero-order chi connectivity index (χ0) is 33.1. The van der Waals surface area contributed by atoms with Crippen LogP contribution in [0.5, 0.6) is 11.5 Å². The molecule has 0 aliphatic heterocycles. The van der Waals surface area contributed by atoms with E-state index in [2.05, 4.69) is 127 Å². The molecule has 7 rings (SSSR count). The molecule has 5 nitrogen and oxygen atoms in total. The van der Waals surface area contributed by atoms with Crippen molar-refractivity contribution < 1.29 is 4.74 Å². The van der Waals surface area contributed by atoms with Crippen molar-refractivity contribution >= 4 is 21.8 Å². The van der Waals surface area contributed by atoms with Crippen LogP contribution in [0, 0.1) is 13.8 Å². The Balaban J connectivity index is 1.26. The first-order valence-corrected chi connectivity index (χ1v) is 16.3. The number of hydrogen-bond acceptors (Lipinski definition) is 3. The van der Waals surface area contributed by atoms with Crippen molar-refractivity contribution in [3.63, 3.8) is 0 Å². The molecule has 0 spiro atoms. The number of aryl methyl sites for hydroxylation is 2. The lowest BCUT2D eigenvalue weighted by atomic mass is 9.74. The van der Waals surface area contributed by atoms with Gasteiger partial charge in [0, 0.05) is 40.9 Å². The molecule has 0 N–H and O–H groups in total. The maximum absolute atomic E-state index is 6.52. The van der Waals surface area contributed by atoms with Crippen LogP contribution in [-0.2, 0) is 10.8 Å². The van der Waals surface area contributed by atoms with E-state index in [1.165, 1.54) is 33.2 Å². The number of hydrogen-bond donors (Lipinski definition) is 0. The molecule has 0 saturated heterocycles. The minimum Gasteiger partial charge on any atom is -0.457 e. The molecule has 3 heterocycles. The summed E-state index contributed by atoms with van der Waals surface area (Å²) in [5.41, 5.74) is 10.6. The van der Waals surface area contributed by atoms with E-state index in [9.17, 15) is 0 Å². The summed E-state index contributed by atoms with van der Waals surface area (Å²) in [5.74, 6) is 2.40. The molecule has 0 atom stereocenters. The molecule has 0 bridgehead atoms. The van der Waals surface area contributed by atoms with Crippen LogP contribution >= 0.6 is 0 Å². The van der Waals surface area contributed by atoms with Crippen LogP contribution in [0.25, 0.3) is 44.4 Å². The third-order valence-corrected chi connectivity index (χ3v) is 8.86. The molecule has 5 heteroatoms. The lowest BCUT2D eigenvalue weighted by Gasteiger charge is -2.30. The number of benzene rings is 4. The Morgan fingerprint density at radius 3 is 2.06 bits per heavy atom. The van der Waals surface area contributed by atoms with Crippen LogP contribution < -0.4 is 4.74 Å². The lowest BCUT2D eigenvalue weighted by molar-refractivity contribution is 0.483. The highest BCUT2D eigenvalue weighted by Crippen LogP contribution is 2.42. The molecule has 3 aromatic heterocycles.